The van der Waals surface area contributed by atoms with Gasteiger partial charge in [0.05, 0.1) is 16.6 Å². The molecule has 0 aromatic heterocycles. The van der Waals surface area contributed by atoms with Crippen molar-refractivity contribution in [3.8, 4) is 0 Å². The first-order valence-corrected chi connectivity index (χ1v) is 6.96. The Kier molecular flexibility index (Phi) is 4.52. The molecule has 1 saturated heterocycles. The second kappa shape index (κ2) is 5.99. The van der Waals surface area contributed by atoms with E-state index in [1.165, 1.54) is 7.05 Å². The Labute approximate surface area is 130 Å². The average Bonchev–Trinajstić information content (AvgIpc) is 2.64. The number of para-hydroxylation sites is 1. The van der Waals surface area contributed by atoms with Crippen LogP contribution < -0.4 is 4.90 Å². The molecule has 2 rings (SSSR count). The summed E-state index contributed by atoms with van der Waals surface area (Å²) in [5, 5.41) is 0.295. The number of urea groups is 1. The minimum atomic E-state index is -0.780. The van der Waals surface area contributed by atoms with Crippen LogP contribution in [0.25, 0.3) is 0 Å². The van der Waals surface area contributed by atoms with E-state index < -0.39 is 17.4 Å². The Morgan fingerprint density at radius 1 is 1.30 bits per heavy atom. The lowest BCUT2D eigenvalue weighted by Gasteiger charge is -2.14. The molecular weight excluding hydrogens is 325 g/mol. The topological polar surface area (TPSA) is 53.0 Å². The highest BCUT2D eigenvalue weighted by Crippen LogP contribution is 2.29. The number of carbonyl (C=O) groups excluding carboxylic acids is 2. The Hall–Kier alpha value is -1.30. The molecule has 1 aliphatic rings. The van der Waals surface area contributed by atoms with Gasteiger partial charge in [0.15, 0.2) is 0 Å². The molecule has 1 fully saturated rings. The minimum Gasteiger partial charge on any atom is -0.276 e. The average molecular weight is 335 g/mol. The van der Waals surface area contributed by atoms with Gasteiger partial charge in [-0.05, 0) is 12.1 Å². The van der Waals surface area contributed by atoms with Gasteiger partial charge < -0.3 is 0 Å². The maximum Gasteiger partial charge on any atom is 0.337 e. The maximum atomic E-state index is 12.3. The molecule has 1 aliphatic heterocycles. The molecule has 8 heteroatoms. The number of alkyl halides is 2. The van der Waals surface area contributed by atoms with Crippen molar-refractivity contribution in [2.24, 2.45) is 4.99 Å². The number of hydrogen-bond acceptors (Lipinski definition) is 3. The number of nitrogens with zero attached hydrogens (tertiary/aromatic N) is 3. The SMILES string of the molecule is CN1C(=O)N(c2ccccc2Cl)C(=O)C1=NC(Cl)CCl. The number of amidine groups is 1. The molecule has 0 radical (unpaired) electrons. The normalized spacial score (nSPS) is 19.1. The van der Waals surface area contributed by atoms with Gasteiger partial charge >= 0.3 is 11.9 Å². The Bertz CT molecular complexity index is 591. The van der Waals surface area contributed by atoms with Crippen LogP contribution >= 0.6 is 34.8 Å². The van der Waals surface area contributed by atoms with E-state index in [0.717, 1.165) is 9.80 Å². The number of imide groups is 1. The van der Waals surface area contributed by atoms with Gasteiger partial charge in [-0.3, -0.25) is 9.69 Å². The Balaban J connectivity index is 2.43. The number of amides is 3. The zero-order valence-electron chi connectivity index (χ0n) is 10.4. The number of halogens is 3. The summed E-state index contributed by atoms with van der Waals surface area (Å²) >= 11 is 17.4. The summed E-state index contributed by atoms with van der Waals surface area (Å²) in [6.07, 6.45) is 0. The third-order valence-electron chi connectivity index (χ3n) is 2.67. The fourth-order valence-corrected chi connectivity index (χ4v) is 2.11. The van der Waals surface area contributed by atoms with Gasteiger partial charge in [-0.15, -0.1) is 11.6 Å². The van der Waals surface area contributed by atoms with Crippen molar-refractivity contribution in [2.45, 2.75) is 5.50 Å². The lowest BCUT2D eigenvalue weighted by atomic mass is 10.3. The second-order valence-corrected chi connectivity index (χ2v) is 5.19. The number of carbonyl (C=O) groups is 2. The summed E-state index contributed by atoms with van der Waals surface area (Å²) in [5.74, 6) is -0.608. The molecule has 20 heavy (non-hydrogen) atoms. The highest BCUT2D eigenvalue weighted by Gasteiger charge is 2.42. The van der Waals surface area contributed by atoms with Crippen LogP contribution in [0, 0.1) is 0 Å². The molecule has 1 unspecified atom stereocenters. The van der Waals surface area contributed by atoms with Crippen molar-refractivity contribution in [2.75, 3.05) is 17.8 Å². The summed E-state index contributed by atoms with van der Waals surface area (Å²) in [6.45, 7) is 0. The lowest BCUT2D eigenvalue weighted by molar-refractivity contribution is -0.111. The van der Waals surface area contributed by atoms with Crippen molar-refractivity contribution < 1.29 is 9.59 Å². The zero-order chi connectivity index (χ0) is 14.9. The molecule has 0 saturated carbocycles. The number of rotatable bonds is 3. The first-order chi connectivity index (χ1) is 9.47. The van der Waals surface area contributed by atoms with E-state index in [1.807, 2.05) is 0 Å². The standard InChI is InChI=1S/C12H10Cl3N3O2/c1-17-10(16-9(15)6-13)11(19)18(12(17)20)8-5-3-2-4-7(8)14/h2-5,9H,6H2,1H3. The quantitative estimate of drug-likeness (QED) is 0.485. The van der Waals surface area contributed by atoms with Gasteiger partial charge in [-0.2, -0.15) is 0 Å². The third kappa shape index (κ3) is 2.61. The first kappa shape index (κ1) is 15.1. The Morgan fingerprint density at radius 3 is 2.55 bits per heavy atom. The van der Waals surface area contributed by atoms with Crippen LogP contribution in [0.5, 0.6) is 0 Å². The smallest absolute Gasteiger partial charge is 0.276 e. The fourth-order valence-electron chi connectivity index (χ4n) is 1.73. The minimum absolute atomic E-state index is 0.0342. The number of anilines is 1. The van der Waals surface area contributed by atoms with Gasteiger partial charge in [0.1, 0.15) is 5.50 Å². The fraction of sp³-hybridized carbons (Fsp3) is 0.250. The highest BCUT2D eigenvalue weighted by molar-refractivity contribution is 6.55. The molecule has 0 N–H and O–H groups in total. The van der Waals surface area contributed by atoms with Crippen molar-refractivity contribution in [3.63, 3.8) is 0 Å². The molecular formula is C12H10Cl3N3O2. The van der Waals surface area contributed by atoms with Crippen molar-refractivity contribution >= 4 is 58.3 Å². The van der Waals surface area contributed by atoms with E-state index in [4.69, 9.17) is 34.8 Å². The van der Waals surface area contributed by atoms with Crippen LogP contribution in [-0.2, 0) is 4.79 Å². The third-order valence-corrected chi connectivity index (χ3v) is 3.70. The van der Waals surface area contributed by atoms with E-state index in [2.05, 4.69) is 4.99 Å². The van der Waals surface area contributed by atoms with Crippen LogP contribution in [0.3, 0.4) is 0 Å². The van der Waals surface area contributed by atoms with E-state index in [1.54, 1.807) is 24.3 Å². The van der Waals surface area contributed by atoms with E-state index >= 15 is 0 Å². The van der Waals surface area contributed by atoms with E-state index in [-0.39, 0.29) is 11.7 Å². The maximum absolute atomic E-state index is 12.3. The van der Waals surface area contributed by atoms with Crippen LogP contribution in [0.4, 0.5) is 10.5 Å². The first-order valence-electron chi connectivity index (χ1n) is 5.62. The van der Waals surface area contributed by atoms with Gasteiger partial charge in [-0.25, -0.2) is 14.7 Å². The van der Waals surface area contributed by atoms with Crippen LogP contribution in [-0.4, -0.2) is 41.1 Å². The summed E-state index contributed by atoms with van der Waals surface area (Å²) in [4.78, 5) is 30.5. The Morgan fingerprint density at radius 2 is 1.95 bits per heavy atom. The number of aliphatic imine (C=N–C) groups is 1. The monoisotopic (exact) mass is 333 g/mol. The van der Waals surface area contributed by atoms with Gasteiger partial charge in [-0.1, -0.05) is 35.3 Å². The summed E-state index contributed by atoms with van der Waals surface area (Å²) < 4.78 is 0. The van der Waals surface area contributed by atoms with Crippen LogP contribution in [0.2, 0.25) is 5.02 Å². The van der Waals surface area contributed by atoms with Crippen molar-refractivity contribution in [1.29, 1.82) is 0 Å². The molecule has 1 aromatic rings. The summed E-state index contributed by atoms with van der Waals surface area (Å²) in [7, 11) is 1.44. The van der Waals surface area contributed by atoms with Gasteiger partial charge in [0, 0.05) is 7.05 Å². The molecule has 1 heterocycles. The molecule has 0 bridgehead atoms. The molecule has 1 aromatic carbocycles. The predicted molar refractivity (Wildman–Crippen MR) is 79.9 cm³/mol. The summed E-state index contributed by atoms with van der Waals surface area (Å²) in [6, 6.07) is 6.02. The van der Waals surface area contributed by atoms with Crippen molar-refractivity contribution in [1.82, 2.24) is 4.90 Å². The number of benzene rings is 1. The summed E-state index contributed by atoms with van der Waals surface area (Å²) in [5.41, 5.74) is -0.477. The number of likely N-dealkylation sites (N-methyl/N-ethyl adjacent to an activating group) is 1. The molecule has 0 aliphatic carbocycles. The second-order valence-electron chi connectivity index (χ2n) is 3.98. The van der Waals surface area contributed by atoms with E-state index in [9.17, 15) is 9.59 Å². The predicted octanol–water partition coefficient (Wildman–Crippen LogP) is 2.94. The van der Waals surface area contributed by atoms with Crippen molar-refractivity contribution in [3.05, 3.63) is 29.3 Å². The number of hydrogen-bond donors (Lipinski definition) is 0. The van der Waals surface area contributed by atoms with E-state index in [0.29, 0.717) is 10.7 Å². The van der Waals surface area contributed by atoms with Gasteiger partial charge in [0.2, 0.25) is 5.84 Å². The molecule has 1 atom stereocenters. The lowest BCUT2D eigenvalue weighted by Crippen LogP contribution is -2.31. The molecule has 3 amide bonds. The molecule has 0 spiro atoms. The van der Waals surface area contributed by atoms with Crippen LogP contribution in [0.1, 0.15) is 0 Å². The molecule has 106 valence electrons. The highest BCUT2D eigenvalue weighted by atomic mass is 35.5. The largest absolute Gasteiger partial charge is 0.337 e. The zero-order valence-corrected chi connectivity index (χ0v) is 12.7. The van der Waals surface area contributed by atoms with Crippen LogP contribution in [0.15, 0.2) is 29.3 Å². The molecule has 5 nitrogen and oxygen atoms in total. The van der Waals surface area contributed by atoms with Gasteiger partial charge in [0.25, 0.3) is 0 Å².